The van der Waals surface area contributed by atoms with Gasteiger partial charge in [-0.3, -0.25) is 4.79 Å². The average Bonchev–Trinajstić information content (AvgIpc) is 3.28. The number of halogens is 1. The van der Waals surface area contributed by atoms with E-state index < -0.39 is 0 Å². The Hall–Kier alpha value is -1.06. The Balaban J connectivity index is 0.00000147. The number of rotatable bonds is 4. The van der Waals surface area contributed by atoms with Crippen LogP contribution in [0.5, 0.6) is 0 Å². The van der Waals surface area contributed by atoms with Crippen LogP contribution in [0.4, 0.5) is 0 Å². The van der Waals surface area contributed by atoms with Crippen LogP contribution >= 0.6 is 12.4 Å². The van der Waals surface area contributed by atoms with Gasteiger partial charge in [0.1, 0.15) is 0 Å². The average molecular weight is 295 g/mol. The minimum Gasteiger partial charge on any atom is -0.355 e. The van der Waals surface area contributed by atoms with Crippen LogP contribution in [0.15, 0.2) is 30.3 Å². The maximum Gasteiger partial charge on any atom is 0.224 e. The monoisotopic (exact) mass is 294 g/mol. The Morgan fingerprint density at radius 2 is 2.05 bits per heavy atom. The van der Waals surface area contributed by atoms with Crippen LogP contribution in [0, 0.1) is 5.92 Å². The molecule has 1 amide bonds. The lowest BCUT2D eigenvalue weighted by molar-refractivity contribution is -0.125. The minimum absolute atomic E-state index is 0. The van der Waals surface area contributed by atoms with Gasteiger partial charge in [0.15, 0.2) is 0 Å². The third-order valence-electron chi connectivity index (χ3n) is 4.51. The summed E-state index contributed by atoms with van der Waals surface area (Å²) in [4.78, 5) is 12.2. The molecule has 0 bridgehead atoms. The Morgan fingerprint density at radius 3 is 2.65 bits per heavy atom. The van der Waals surface area contributed by atoms with Crippen molar-refractivity contribution in [2.45, 2.75) is 31.1 Å². The smallest absolute Gasteiger partial charge is 0.224 e. The zero-order valence-corrected chi connectivity index (χ0v) is 12.5. The van der Waals surface area contributed by atoms with Gasteiger partial charge in [0.05, 0.1) is 5.92 Å². The number of carbonyl (C=O) groups excluding carboxylic acids is 1. The fourth-order valence-corrected chi connectivity index (χ4v) is 2.99. The van der Waals surface area contributed by atoms with Crippen molar-refractivity contribution in [3.05, 3.63) is 35.9 Å². The Morgan fingerprint density at radius 1 is 1.30 bits per heavy atom. The molecule has 0 radical (unpaired) electrons. The van der Waals surface area contributed by atoms with E-state index in [0.29, 0.717) is 0 Å². The number of hydrogen-bond donors (Lipinski definition) is 2. The topological polar surface area (TPSA) is 41.1 Å². The first-order valence-corrected chi connectivity index (χ1v) is 7.34. The van der Waals surface area contributed by atoms with Crippen LogP contribution in [0.2, 0.25) is 0 Å². The van der Waals surface area contributed by atoms with Gasteiger partial charge >= 0.3 is 0 Å². The van der Waals surface area contributed by atoms with Crippen molar-refractivity contribution in [2.24, 2.45) is 5.92 Å². The van der Waals surface area contributed by atoms with E-state index in [4.69, 9.17) is 0 Å². The van der Waals surface area contributed by atoms with Crippen LogP contribution < -0.4 is 10.6 Å². The van der Waals surface area contributed by atoms with Gasteiger partial charge in [-0.2, -0.15) is 0 Å². The van der Waals surface area contributed by atoms with Gasteiger partial charge in [0.25, 0.3) is 0 Å². The Bertz CT molecular complexity index is 439. The molecule has 2 fully saturated rings. The van der Waals surface area contributed by atoms with Crippen LogP contribution in [0.3, 0.4) is 0 Å². The molecular formula is C16H23ClN2O. The second kappa shape index (κ2) is 6.59. The highest BCUT2D eigenvalue weighted by molar-refractivity contribution is 5.85. The number of piperidine rings is 1. The molecular weight excluding hydrogens is 272 g/mol. The molecule has 2 aliphatic rings. The maximum absolute atomic E-state index is 12.2. The molecule has 1 aliphatic heterocycles. The minimum atomic E-state index is 0. The van der Waals surface area contributed by atoms with Gasteiger partial charge in [0.2, 0.25) is 5.91 Å². The van der Waals surface area contributed by atoms with E-state index >= 15 is 0 Å². The number of benzene rings is 1. The highest BCUT2D eigenvalue weighted by Gasteiger charge is 2.44. The molecule has 1 saturated heterocycles. The molecule has 110 valence electrons. The molecule has 4 heteroatoms. The summed E-state index contributed by atoms with van der Waals surface area (Å²) in [6, 6.07) is 10.6. The molecule has 1 aromatic rings. The first kappa shape index (κ1) is 15.3. The lowest BCUT2D eigenvalue weighted by Crippen LogP contribution is -2.42. The molecule has 0 aromatic heterocycles. The second-order valence-corrected chi connectivity index (χ2v) is 5.91. The number of nitrogens with one attached hydrogen (secondary N) is 2. The van der Waals surface area contributed by atoms with E-state index in [1.54, 1.807) is 0 Å². The normalized spacial score (nSPS) is 23.5. The summed E-state index contributed by atoms with van der Waals surface area (Å²) >= 11 is 0. The van der Waals surface area contributed by atoms with Gasteiger partial charge in [-0.25, -0.2) is 0 Å². The van der Waals surface area contributed by atoms with Gasteiger partial charge in [-0.15, -0.1) is 12.4 Å². The quantitative estimate of drug-likeness (QED) is 0.894. The third-order valence-corrected chi connectivity index (χ3v) is 4.51. The van der Waals surface area contributed by atoms with Gasteiger partial charge < -0.3 is 10.6 Å². The zero-order valence-electron chi connectivity index (χ0n) is 11.7. The van der Waals surface area contributed by atoms with Gasteiger partial charge in [-0.05, 0) is 37.8 Å². The summed E-state index contributed by atoms with van der Waals surface area (Å²) in [5, 5.41) is 6.47. The van der Waals surface area contributed by atoms with Crippen molar-refractivity contribution < 1.29 is 4.79 Å². The van der Waals surface area contributed by atoms with E-state index in [0.717, 1.165) is 32.5 Å². The molecule has 0 spiro atoms. The van der Waals surface area contributed by atoms with Gasteiger partial charge in [0, 0.05) is 18.5 Å². The first-order chi connectivity index (χ1) is 9.30. The largest absolute Gasteiger partial charge is 0.355 e. The molecule has 1 saturated carbocycles. The summed E-state index contributed by atoms with van der Waals surface area (Å²) < 4.78 is 0. The summed E-state index contributed by atoms with van der Waals surface area (Å²) in [7, 11) is 0. The van der Waals surface area contributed by atoms with Gasteiger partial charge in [-0.1, -0.05) is 30.3 Å². The van der Waals surface area contributed by atoms with Crippen molar-refractivity contribution >= 4 is 18.3 Å². The third kappa shape index (κ3) is 3.33. The van der Waals surface area contributed by atoms with Crippen molar-refractivity contribution in [3.8, 4) is 0 Å². The van der Waals surface area contributed by atoms with Crippen molar-refractivity contribution in [2.75, 3.05) is 19.6 Å². The summed E-state index contributed by atoms with van der Waals surface area (Å²) in [5.74, 6) is 0.398. The van der Waals surface area contributed by atoms with Crippen LogP contribution in [-0.4, -0.2) is 25.5 Å². The molecule has 1 aliphatic carbocycles. The van der Waals surface area contributed by atoms with Crippen molar-refractivity contribution in [1.29, 1.82) is 0 Å². The van der Waals surface area contributed by atoms with Crippen molar-refractivity contribution in [1.82, 2.24) is 10.6 Å². The maximum atomic E-state index is 12.2. The molecule has 20 heavy (non-hydrogen) atoms. The van der Waals surface area contributed by atoms with E-state index in [9.17, 15) is 4.79 Å². The fourth-order valence-electron chi connectivity index (χ4n) is 2.99. The Labute approximate surface area is 126 Å². The zero-order chi connectivity index (χ0) is 13.1. The van der Waals surface area contributed by atoms with E-state index in [1.807, 2.05) is 6.07 Å². The van der Waals surface area contributed by atoms with Crippen molar-refractivity contribution in [3.63, 3.8) is 0 Å². The van der Waals surface area contributed by atoms with E-state index in [-0.39, 0.29) is 29.6 Å². The molecule has 1 atom stereocenters. The predicted molar refractivity (Wildman–Crippen MR) is 83.2 cm³/mol. The second-order valence-electron chi connectivity index (χ2n) is 5.91. The molecule has 1 unspecified atom stereocenters. The number of hydrogen-bond acceptors (Lipinski definition) is 2. The fraction of sp³-hybridized carbons (Fsp3) is 0.562. The SMILES string of the molecule is Cl.O=C(NCC1(c2ccccc2)CC1)C1CCCNC1. The molecule has 3 rings (SSSR count). The number of carbonyl (C=O) groups is 1. The molecule has 2 N–H and O–H groups in total. The summed E-state index contributed by atoms with van der Waals surface area (Å²) in [6.45, 7) is 2.69. The highest BCUT2D eigenvalue weighted by Crippen LogP contribution is 2.47. The molecule has 1 heterocycles. The summed E-state index contributed by atoms with van der Waals surface area (Å²) in [5.41, 5.74) is 1.59. The van der Waals surface area contributed by atoms with E-state index in [2.05, 4.69) is 34.9 Å². The lowest BCUT2D eigenvalue weighted by atomic mass is 9.94. The Kier molecular flexibility index (Phi) is 5.06. The molecule has 3 nitrogen and oxygen atoms in total. The standard InChI is InChI=1S/C16H22N2O.ClH/c19-15(13-5-4-10-17-11-13)18-12-16(8-9-16)14-6-2-1-3-7-14;/h1-3,6-7,13,17H,4-5,8-12H2,(H,18,19);1H. The van der Waals surface area contributed by atoms with Crippen LogP contribution in [0.25, 0.3) is 0 Å². The summed E-state index contributed by atoms with van der Waals surface area (Å²) in [6.07, 6.45) is 4.53. The van der Waals surface area contributed by atoms with Crippen LogP contribution in [-0.2, 0) is 10.2 Å². The first-order valence-electron chi connectivity index (χ1n) is 7.34. The van der Waals surface area contributed by atoms with E-state index in [1.165, 1.54) is 18.4 Å². The molecule has 1 aromatic carbocycles. The predicted octanol–water partition coefficient (Wildman–Crippen LogP) is 2.26. The number of amides is 1. The van der Waals surface area contributed by atoms with Crippen LogP contribution in [0.1, 0.15) is 31.2 Å². The highest BCUT2D eigenvalue weighted by atomic mass is 35.5. The lowest BCUT2D eigenvalue weighted by Gasteiger charge is -2.23.